The number of ketones is 1. The summed E-state index contributed by atoms with van der Waals surface area (Å²) in [5, 5.41) is 0. The molecule has 4 heteroatoms. The van der Waals surface area contributed by atoms with Crippen molar-refractivity contribution in [2.75, 3.05) is 6.61 Å². The molecule has 1 atom stereocenters. The first-order chi connectivity index (χ1) is 8.46. The number of benzene rings is 1. The van der Waals surface area contributed by atoms with Crippen molar-refractivity contribution in [2.45, 2.75) is 32.8 Å². The van der Waals surface area contributed by atoms with E-state index in [-0.39, 0.29) is 18.8 Å². The second-order valence-corrected chi connectivity index (χ2v) is 4.65. The second-order valence-electron chi connectivity index (χ2n) is 4.65. The maximum atomic E-state index is 12.0. The molecule has 0 bridgehead atoms. The number of ether oxygens (including phenoxy) is 2. The van der Waals surface area contributed by atoms with Crippen LogP contribution < -0.4 is 4.74 Å². The van der Waals surface area contributed by atoms with Gasteiger partial charge in [-0.25, -0.2) is 4.79 Å². The summed E-state index contributed by atoms with van der Waals surface area (Å²) in [5.41, 5.74) is 0.297. The minimum atomic E-state index is -1.21. The van der Waals surface area contributed by atoms with Crippen LogP contribution in [0.1, 0.15) is 36.2 Å². The fraction of sp³-hybridized carbons (Fsp3) is 0.429. The number of carbonyl (C=O) groups is 2. The van der Waals surface area contributed by atoms with Gasteiger partial charge in [0, 0.05) is 0 Å². The van der Waals surface area contributed by atoms with Crippen LogP contribution in [0.5, 0.6) is 5.75 Å². The van der Waals surface area contributed by atoms with Gasteiger partial charge in [0.05, 0.1) is 18.6 Å². The predicted molar refractivity (Wildman–Crippen MR) is 65.8 cm³/mol. The molecule has 0 saturated heterocycles. The van der Waals surface area contributed by atoms with Crippen molar-refractivity contribution in [3.63, 3.8) is 0 Å². The fourth-order valence-corrected chi connectivity index (χ4v) is 2.02. The molecule has 18 heavy (non-hydrogen) atoms. The summed E-state index contributed by atoms with van der Waals surface area (Å²) in [6.07, 6.45) is 0.0158. The van der Waals surface area contributed by atoms with Gasteiger partial charge in [-0.2, -0.15) is 0 Å². The zero-order chi connectivity index (χ0) is 13.3. The molecular weight excluding hydrogens is 232 g/mol. The highest BCUT2D eigenvalue weighted by molar-refractivity contribution is 6.03. The maximum Gasteiger partial charge on any atom is 0.350 e. The molecule has 0 N–H and O–H groups in total. The average Bonchev–Trinajstić information content (AvgIpc) is 2.28. The van der Waals surface area contributed by atoms with Crippen molar-refractivity contribution in [2.24, 2.45) is 0 Å². The van der Waals surface area contributed by atoms with E-state index in [1.807, 2.05) is 13.0 Å². The van der Waals surface area contributed by atoms with Gasteiger partial charge in [0.15, 0.2) is 5.78 Å². The lowest BCUT2D eigenvalue weighted by Crippen LogP contribution is -2.47. The Kier molecular flexibility index (Phi) is 3.11. The van der Waals surface area contributed by atoms with Crippen LogP contribution in [0.3, 0.4) is 0 Å². The Morgan fingerprint density at radius 3 is 2.89 bits per heavy atom. The van der Waals surface area contributed by atoms with E-state index in [4.69, 9.17) is 9.47 Å². The minimum Gasteiger partial charge on any atom is -0.475 e. The molecule has 2 rings (SSSR count). The molecule has 1 aliphatic rings. The van der Waals surface area contributed by atoms with Gasteiger partial charge in [-0.15, -0.1) is 0 Å². The minimum absolute atomic E-state index is 0.0158. The largest absolute Gasteiger partial charge is 0.475 e. The van der Waals surface area contributed by atoms with Gasteiger partial charge >= 0.3 is 5.97 Å². The zero-order valence-corrected chi connectivity index (χ0v) is 10.8. The molecule has 1 aromatic carbocycles. The van der Waals surface area contributed by atoms with Gasteiger partial charge in [0.25, 0.3) is 0 Å². The van der Waals surface area contributed by atoms with Crippen LogP contribution in [0.25, 0.3) is 0 Å². The van der Waals surface area contributed by atoms with Gasteiger partial charge in [-0.05, 0) is 38.5 Å². The Morgan fingerprint density at radius 1 is 1.50 bits per heavy atom. The lowest BCUT2D eigenvalue weighted by molar-refractivity contribution is -0.160. The van der Waals surface area contributed by atoms with Crippen molar-refractivity contribution >= 4 is 11.8 Å². The molecule has 96 valence electrons. The van der Waals surface area contributed by atoms with E-state index in [0.717, 1.165) is 5.56 Å². The average molecular weight is 248 g/mol. The van der Waals surface area contributed by atoms with Gasteiger partial charge in [-0.1, -0.05) is 6.07 Å². The van der Waals surface area contributed by atoms with Gasteiger partial charge in [0.2, 0.25) is 5.60 Å². The molecule has 0 radical (unpaired) electrons. The number of rotatable bonds is 2. The highest BCUT2D eigenvalue weighted by Gasteiger charge is 2.44. The third-order valence-corrected chi connectivity index (χ3v) is 2.98. The number of hydrogen-bond donors (Lipinski definition) is 0. The molecule has 1 unspecified atom stereocenters. The maximum absolute atomic E-state index is 12.0. The number of Topliss-reactive ketones (excluding diaryl/α,β-unsaturated/α-hetero) is 1. The summed E-state index contributed by atoms with van der Waals surface area (Å²) in [6, 6.07) is 5.36. The number of fused-ring (bicyclic) bond motifs is 1. The first-order valence-electron chi connectivity index (χ1n) is 5.96. The Bertz CT molecular complexity index is 507. The molecule has 0 amide bonds. The van der Waals surface area contributed by atoms with Crippen LogP contribution in [-0.4, -0.2) is 24.0 Å². The second kappa shape index (κ2) is 4.44. The lowest BCUT2D eigenvalue weighted by Gasteiger charge is -2.32. The van der Waals surface area contributed by atoms with Gasteiger partial charge in [-0.3, -0.25) is 4.79 Å². The first kappa shape index (κ1) is 12.6. The molecule has 0 aromatic heterocycles. The van der Waals surface area contributed by atoms with Gasteiger partial charge in [0.1, 0.15) is 5.75 Å². The predicted octanol–water partition coefficient (Wildman–Crippen LogP) is 2.28. The van der Waals surface area contributed by atoms with Crippen molar-refractivity contribution in [3.05, 3.63) is 29.3 Å². The quantitative estimate of drug-likeness (QED) is 0.753. The standard InChI is InChI=1S/C14H16O4/c1-4-17-13(16)14(3)8-11(15)10-6-5-9(2)7-12(10)18-14/h5-7H,4,8H2,1-3H3. The summed E-state index contributed by atoms with van der Waals surface area (Å²) in [6.45, 7) is 5.50. The lowest BCUT2D eigenvalue weighted by atomic mass is 9.91. The number of esters is 1. The third-order valence-electron chi connectivity index (χ3n) is 2.98. The molecule has 0 aliphatic carbocycles. The normalized spacial score (nSPS) is 22.1. The SMILES string of the molecule is CCOC(=O)C1(C)CC(=O)c2ccc(C)cc2O1. The molecule has 4 nitrogen and oxygen atoms in total. The van der Waals surface area contributed by atoms with E-state index in [2.05, 4.69) is 0 Å². The number of carbonyl (C=O) groups excluding carboxylic acids is 2. The molecule has 0 spiro atoms. The molecular formula is C14H16O4. The van der Waals surface area contributed by atoms with Crippen LogP contribution in [0.15, 0.2) is 18.2 Å². The van der Waals surface area contributed by atoms with E-state index < -0.39 is 11.6 Å². The highest BCUT2D eigenvalue weighted by atomic mass is 16.6. The van der Waals surface area contributed by atoms with Crippen LogP contribution in [0, 0.1) is 6.92 Å². The molecule has 1 aliphatic heterocycles. The van der Waals surface area contributed by atoms with Crippen molar-refractivity contribution in [1.29, 1.82) is 0 Å². The Balaban J connectivity index is 2.37. The fourth-order valence-electron chi connectivity index (χ4n) is 2.02. The Labute approximate surface area is 106 Å². The smallest absolute Gasteiger partial charge is 0.350 e. The third kappa shape index (κ3) is 2.10. The Hall–Kier alpha value is -1.84. The van der Waals surface area contributed by atoms with Crippen molar-refractivity contribution < 1.29 is 19.1 Å². The summed E-state index contributed by atoms with van der Waals surface area (Å²) in [5.74, 6) is -0.126. The molecule has 0 fully saturated rings. The van der Waals surface area contributed by atoms with E-state index in [1.165, 1.54) is 0 Å². The monoisotopic (exact) mass is 248 g/mol. The van der Waals surface area contributed by atoms with E-state index in [0.29, 0.717) is 11.3 Å². The summed E-state index contributed by atoms with van der Waals surface area (Å²) in [4.78, 5) is 23.9. The van der Waals surface area contributed by atoms with Crippen LogP contribution in [-0.2, 0) is 9.53 Å². The van der Waals surface area contributed by atoms with Crippen LogP contribution in [0.2, 0.25) is 0 Å². The molecule has 1 aromatic rings. The van der Waals surface area contributed by atoms with Crippen LogP contribution in [0.4, 0.5) is 0 Å². The highest BCUT2D eigenvalue weighted by Crippen LogP contribution is 2.34. The van der Waals surface area contributed by atoms with Crippen LogP contribution >= 0.6 is 0 Å². The number of aryl methyl sites for hydroxylation is 1. The number of hydrogen-bond acceptors (Lipinski definition) is 4. The van der Waals surface area contributed by atoms with Crippen molar-refractivity contribution in [3.8, 4) is 5.75 Å². The Morgan fingerprint density at radius 2 is 2.22 bits per heavy atom. The van der Waals surface area contributed by atoms with Gasteiger partial charge < -0.3 is 9.47 Å². The zero-order valence-electron chi connectivity index (χ0n) is 10.8. The van der Waals surface area contributed by atoms with E-state index in [9.17, 15) is 9.59 Å². The summed E-state index contributed by atoms with van der Waals surface area (Å²) < 4.78 is 10.7. The topological polar surface area (TPSA) is 52.6 Å². The van der Waals surface area contributed by atoms with E-state index >= 15 is 0 Å². The first-order valence-corrected chi connectivity index (χ1v) is 5.96. The van der Waals surface area contributed by atoms with E-state index in [1.54, 1.807) is 26.0 Å². The molecule has 1 heterocycles. The molecule has 0 saturated carbocycles. The van der Waals surface area contributed by atoms with Crippen molar-refractivity contribution in [1.82, 2.24) is 0 Å². The summed E-state index contributed by atoms with van der Waals surface area (Å²) >= 11 is 0. The summed E-state index contributed by atoms with van der Waals surface area (Å²) in [7, 11) is 0.